The van der Waals surface area contributed by atoms with Crippen LogP contribution in [-0.2, 0) is 29.1 Å². The molecule has 7 nitrogen and oxygen atoms in total. The number of ether oxygens (including phenoxy) is 2. The van der Waals surface area contributed by atoms with E-state index in [4.69, 9.17) is 26.1 Å². The van der Waals surface area contributed by atoms with Gasteiger partial charge in [-0.3, -0.25) is 9.69 Å². The number of anilines is 1. The molecule has 216 valence electrons. The van der Waals surface area contributed by atoms with Crippen molar-refractivity contribution in [2.45, 2.75) is 58.2 Å². The highest BCUT2D eigenvalue weighted by Crippen LogP contribution is 2.37. The molecule has 0 atom stereocenters. The van der Waals surface area contributed by atoms with Crippen molar-refractivity contribution < 1.29 is 19.4 Å². The molecule has 8 heteroatoms. The molecule has 2 aromatic carbocycles. The number of carboxylic acids is 1. The monoisotopic (exact) mass is 575 g/mol. The number of fused-ring (bicyclic) bond motifs is 1. The van der Waals surface area contributed by atoms with Crippen molar-refractivity contribution in [3.05, 3.63) is 75.8 Å². The minimum Gasteiger partial charge on any atom is -0.487 e. The zero-order valence-corrected chi connectivity index (χ0v) is 24.4. The SMILES string of the molecule is Cc1cc(COc2c(Cl)cccc2-c2cccc(N3CCC(C(=O)O)CC3)n2)cc2c1CN(C1CCOCC1)CC2. The van der Waals surface area contributed by atoms with E-state index in [0.29, 0.717) is 49.4 Å². The predicted octanol–water partition coefficient (Wildman–Crippen LogP) is 6.13. The van der Waals surface area contributed by atoms with Crippen LogP contribution >= 0.6 is 11.6 Å². The molecule has 0 unspecified atom stereocenters. The fourth-order valence-electron chi connectivity index (χ4n) is 6.53. The number of piperidine rings is 1. The van der Waals surface area contributed by atoms with E-state index in [9.17, 15) is 9.90 Å². The van der Waals surface area contributed by atoms with Gasteiger partial charge in [-0.25, -0.2) is 4.98 Å². The molecule has 2 saturated heterocycles. The molecule has 3 aliphatic heterocycles. The number of carboxylic acid groups (broad SMARTS) is 1. The molecule has 3 aromatic rings. The highest BCUT2D eigenvalue weighted by atomic mass is 35.5. The highest BCUT2D eigenvalue weighted by Gasteiger charge is 2.27. The van der Waals surface area contributed by atoms with Crippen molar-refractivity contribution in [2.24, 2.45) is 5.92 Å². The van der Waals surface area contributed by atoms with Crippen molar-refractivity contribution in [3.8, 4) is 17.0 Å². The molecular weight excluding hydrogens is 538 g/mol. The summed E-state index contributed by atoms with van der Waals surface area (Å²) < 4.78 is 12.0. The van der Waals surface area contributed by atoms with Crippen LogP contribution in [0.1, 0.15) is 47.9 Å². The largest absolute Gasteiger partial charge is 0.487 e. The van der Waals surface area contributed by atoms with Gasteiger partial charge < -0.3 is 19.5 Å². The maximum absolute atomic E-state index is 11.4. The smallest absolute Gasteiger partial charge is 0.306 e. The van der Waals surface area contributed by atoms with Crippen LogP contribution in [0.5, 0.6) is 5.75 Å². The maximum atomic E-state index is 11.4. The lowest BCUT2D eigenvalue weighted by molar-refractivity contribution is -0.142. The lowest BCUT2D eigenvalue weighted by Gasteiger charge is -2.38. The summed E-state index contributed by atoms with van der Waals surface area (Å²) in [7, 11) is 0. The average molecular weight is 576 g/mol. The Morgan fingerprint density at radius 1 is 1.07 bits per heavy atom. The quantitative estimate of drug-likeness (QED) is 0.363. The minimum absolute atomic E-state index is 0.277. The summed E-state index contributed by atoms with van der Waals surface area (Å²) in [6.07, 6.45) is 4.56. The molecule has 4 heterocycles. The van der Waals surface area contributed by atoms with E-state index in [0.717, 1.165) is 68.2 Å². The van der Waals surface area contributed by atoms with Crippen LogP contribution in [0.25, 0.3) is 11.3 Å². The van der Waals surface area contributed by atoms with Crippen LogP contribution < -0.4 is 9.64 Å². The van der Waals surface area contributed by atoms with Crippen molar-refractivity contribution in [2.75, 3.05) is 37.7 Å². The number of aryl methyl sites for hydroxylation is 1. The first-order valence-corrected chi connectivity index (χ1v) is 15.1. The summed E-state index contributed by atoms with van der Waals surface area (Å²) in [6, 6.07) is 16.9. The number of nitrogens with zero attached hydrogens (tertiary/aromatic N) is 3. The summed E-state index contributed by atoms with van der Waals surface area (Å²) in [5.74, 6) is 0.487. The number of para-hydroxylation sites is 1. The standard InChI is InChI=1S/C33H38ClN3O4/c1-22-18-23(19-25-10-15-37(20-28(22)25)26-11-16-40-17-12-26)21-41-32-27(4-2-5-29(32)34)30-6-3-7-31(35-30)36-13-8-24(9-14-36)33(38)39/h2-7,18-19,24,26H,8-17,20-21H2,1H3,(H,38,39). The number of halogens is 1. The third-order valence-corrected chi connectivity index (χ3v) is 9.19. The summed E-state index contributed by atoms with van der Waals surface area (Å²) in [6.45, 7) is 7.84. The molecule has 1 N–H and O–H groups in total. The first kappa shape index (κ1) is 28.0. The van der Waals surface area contributed by atoms with Crippen molar-refractivity contribution >= 4 is 23.4 Å². The second-order valence-corrected chi connectivity index (χ2v) is 11.9. The van der Waals surface area contributed by atoms with Gasteiger partial charge >= 0.3 is 5.97 Å². The average Bonchev–Trinajstić information content (AvgIpc) is 3.01. The zero-order valence-electron chi connectivity index (χ0n) is 23.7. The first-order chi connectivity index (χ1) is 20.0. The lowest BCUT2D eigenvalue weighted by atomic mass is 9.91. The predicted molar refractivity (Wildman–Crippen MR) is 161 cm³/mol. The normalized spacial score (nSPS) is 18.7. The summed E-state index contributed by atoms with van der Waals surface area (Å²) in [5.41, 5.74) is 6.98. The zero-order chi connectivity index (χ0) is 28.3. The molecular formula is C33H38ClN3O4. The number of rotatable bonds is 7. The fraction of sp³-hybridized carbons (Fsp3) is 0.455. The summed E-state index contributed by atoms with van der Waals surface area (Å²) >= 11 is 6.68. The minimum atomic E-state index is -0.710. The molecule has 6 rings (SSSR count). The topological polar surface area (TPSA) is 75.1 Å². The Labute approximate surface area is 247 Å². The van der Waals surface area contributed by atoms with Crippen LogP contribution in [0.3, 0.4) is 0 Å². The summed E-state index contributed by atoms with van der Waals surface area (Å²) in [5, 5.41) is 9.90. The maximum Gasteiger partial charge on any atom is 0.306 e. The van der Waals surface area contributed by atoms with E-state index < -0.39 is 5.97 Å². The van der Waals surface area contributed by atoms with Gasteiger partial charge in [-0.1, -0.05) is 35.9 Å². The molecule has 2 fully saturated rings. The first-order valence-electron chi connectivity index (χ1n) is 14.8. The van der Waals surface area contributed by atoms with Crippen molar-refractivity contribution in [1.82, 2.24) is 9.88 Å². The van der Waals surface area contributed by atoms with Gasteiger partial charge in [0.05, 0.1) is 16.6 Å². The third-order valence-electron chi connectivity index (χ3n) is 8.89. The van der Waals surface area contributed by atoms with Crippen LogP contribution in [-0.4, -0.2) is 59.8 Å². The van der Waals surface area contributed by atoms with Gasteiger partial charge in [-0.15, -0.1) is 0 Å². The molecule has 0 bridgehead atoms. The van der Waals surface area contributed by atoms with E-state index in [1.54, 1.807) is 0 Å². The van der Waals surface area contributed by atoms with Crippen molar-refractivity contribution in [3.63, 3.8) is 0 Å². The third kappa shape index (κ3) is 6.22. The molecule has 0 radical (unpaired) electrons. The van der Waals surface area contributed by atoms with E-state index >= 15 is 0 Å². The Morgan fingerprint density at radius 2 is 1.85 bits per heavy atom. The van der Waals surface area contributed by atoms with E-state index in [1.807, 2.05) is 36.4 Å². The highest BCUT2D eigenvalue weighted by molar-refractivity contribution is 6.32. The van der Waals surface area contributed by atoms with Gasteiger partial charge in [0.1, 0.15) is 18.2 Å². The van der Waals surface area contributed by atoms with E-state index in [2.05, 4.69) is 28.9 Å². The molecule has 41 heavy (non-hydrogen) atoms. The molecule has 1 aromatic heterocycles. The fourth-order valence-corrected chi connectivity index (χ4v) is 6.76. The number of carbonyl (C=O) groups is 1. The molecule has 0 spiro atoms. The number of pyridine rings is 1. The van der Waals surface area contributed by atoms with Crippen LogP contribution in [0.2, 0.25) is 5.02 Å². The van der Waals surface area contributed by atoms with Gasteiger partial charge in [-0.2, -0.15) is 0 Å². The van der Waals surface area contributed by atoms with Gasteiger partial charge in [0.2, 0.25) is 0 Å². The van der Waals surface area contributed by atoms with Gasteiger partial charge in [0.25, 0.3) is 0 Å². The van der Waals surface area contributed by atoms with Crippen LogP contribution in [0.4, 0.5) is 5.82 Å². The Bertz CT molecular complexity index is 1400. The number of aliphatic carboxylic acids is 1. The number of aromatic nitrogens is 1. The number of hydrogen-bond donors (Lipinski definition) is 1. The second kappa shape index (κ2) is 12.4. The van der Waals surface area contributed by atoms with Crippen LogP contribution in [0.15, 0.2) is 48.5 Å². The van der Waals surface area contributed by atoms with Crippen LogP contribution in [0, 0.1) is 12.8 Å². The van der Waals surface area contributed by atoms with Crippen molar-refractivity contribution in [1.29, 1.82) is 0 Å². The Hall–Kier alpha value is -3.13. The number of hydrogen-bond acceptors (Lipinski definition) is 6. The van der Waals surface area contributed by atoms with Gasteiger partial charge in [0.15, 0.2) is 0 Å². The van der Waals surface area contributed by atoms with E-state index in [-0.39, 0.29) is 5.92 Å². The molecule has 0 saturated carbocycles. The van der Waals surface area contributed by atoms with E-state index in [1.165, 1.54) is 16.7 Å². The molecule has 3 aliphatic rings. The number of benzene rings is 2. The van der Waals surface area contributed by atoms with Gasteiger partial charge in [0, 0.05) is 51.0 Å². The summed E-state index contributed by atoms with van der Waals surface area (Å²) in [4.78, 5) is 21.1. The molecule has 0 amide bonds. The van der Waals surface area contributed by atoms with Gasteiger partial charge in [-0.05, 0) is 85.5 Å². The Morgan fingerprint density at radius 3 is 2.63 bits per heavy atom. The molecule has 0 aliphatic carbocycles. The lowest BCUT2D eigenvalue weighted by Crippen LogP contribution is -2.42. The Balaban J connectivity index is 1.17. The Kier molecular flexibility index (Phi) is 8.47. The second-order valence-electron chi connectivity index (χ2n) is 11.5.